The Labute approximate surface area is 157 Å². The second-order valence-corrected chi connectivity index (χ2v) is 5.72. The average molecular weight is 367 g/mol. The summed E-state index contributed by atoms with van der Waals surface area (Å²) in [5.41, 5.74) is 1.61. The molecule has 7 nitrogen and oxygen atoms in total. The molecule has 0 spiro atoms. The lowest BCUT2D eigenvalue weighted by Crippen LogP contribution is -2.15. The van der Waals surface area contributed by atoms with E-state index in [1.807, 2.05) is 37.3 Å². The van der Waals surface area contributed by atoms with Crippen molar-refractivity contribution in [3.8, 4) is 11.5 Å². The molecule has 0 saturated heterocycles. The number of fused-ring (bicyclic) bond motifs is 1. The standard InChI is InChI=1S/C20H21N3O4/c1-4-26-19(24)12-27-18-11-14(9-10-17(18)25-3)23-20-15-7-5-6-8-16(15)21-13(2)22-20/h5-11H,4,12H2,1-3H3,(H,21,22,23). The smallest absolute Gasteiger partial charge is 0.344 e. The van der Waals surface area contributed by atoms with Crippen molar-refractivity contribution in [1.82, 2.24) is 9.97 Å². The number of rotatable bonds is 7. The summed E-state index contributed by atoms with van der Waals surface area (Å²) in [6.07, 6.45) is 0. The number of carbonyl (C=O) groups is 1. The summed E-state index contributed by atoms with van der Waals surface area (Å²) >= 11 is 0. The molecule has 0 saturated carbocycles. The number of carbonyl (C=O) groups excluding carboxylic acids is 1. The molecule has 2 aromatic carbocycles. The van der Waals surface area contributed by atoms with Gasteiger partial charge in [-0.1, -0.05) is 12.1 Å². The molecule has 7 heteroatoms. The van der Waals surface area contributed by atoms with E-state index < -0.39 is 5.97 Å². The van der Waals surface area contributed by atoms with Crippen LogP contribution in [0.4, 0.5) is 11.5 Å². The summed E-state index contributed by atoms with van der Waals surface area (Å²) < 4.78 is 15.7. The van der Waals surface area contributed by atoms with Gasteiger partial charge in [0.2, 0.25) is 0 Å². The van der Waals surface area contributed by atoms with E-state index in [4.69, 9.17) is 14.2 Å². The van der Waals surface area contributed by atoms with Gasteiger partial charge in [-0.25, -0.2) is 14.8 Å². The fourth-order valence-corrected chi connectivity index (χ4v) is 2.63. The third kappa shape index (κ3) is 4.44. The Morgan fingerprint density at radius 3 is 2.70 bits per heavy atom. The van der Waals surface area contributed by atoms with Crippen LogP contribution in [-0.4, -0.2) is 36.3 Å². The van der Waals surface area contributed by atoms with Crippen molar-refractivity contribution in [2.75, 3.05) is 25.6 Å². The van der Waals surface area contributed by atoms with Crippen LogP contribution in [0.5, 0.6) is 11.5 Å². The van der Waals surface area contributed by atoms with Crippen molar-refractivity contribution >= 4 is 28.4 Å². The highest BCUT2D eigenvalue weighted by molar-refractivity contribution is 5.90. The second-order valence-electron chi connectivity index (χ2n) is 5.72. The first-order chi connectivity index (χ1) is 13.1. The molecule has 0 aliphatic heterocycles. The highest BCUT2D eigenvalue weighted by Gasteiger charge is 2.11. The fourth-order valence-electron chi connectivity index (χ4n) is 2.63. The topological polar surface area (TPSA) is 82.6 Å². The number of esters is 1. The minimum Gasteiger partial charge on any atom is -0.493 e. The van der Waals surface area contributed by atoms with E-state index in [9.17, 15) is 4.79 Å². The van der Waals surface area contributed by atoms with Crippen LogP contribution in [0.2, 0.25) is 0 Å². The molecule has 1 N–H and O–H groups in total. The number of nitrogens with zero attached hydrogens (tertiary/aromatic N) is 2. The van der Waals surface area contributed by atoms with Gasteiger partial charge in [0.15, 0.2) is 18.1 Å². The molecule has 1 heterocycles. The maximum atomic E-state index is 11.6. The van der Waals surface area contributed by atoms with E-state index in [1.165, 1.54) is 0 Å². The first-order valence-corrected chi connectivity index (χ1v) is 8.57. The van der Waals surface area contributed by atoms with Gasteiger partial charge < -0.3 is 19.5 Å². The number of aryl methyl sites for hydroxylation is 1. The number of hydrogen-bond acceptors (Lipinski definition) is 7. The van der Waals surface area contributed by atoms with Crippen LogP contribution >= 0.6 is 0 Å². The lowest BCUT2D eigenvalue weighted by atomic mass is 10.2. The normalized spacial score (nSPS) is 10.5. The Bertz CT molecular complexity index is 959. The summed E-state index contributed by atoms with van der Waals surface area (Å²) in [5.74, 6) is 1.89. The molecular formula is C20H21N3O4. The Morgan fingerprint density at radius 2 is 1.93 bits per heavy atom. The van der Waals surface area contributed by atoms with E-state index in [2.05, 4.69) is 15.3 Å². The quantitative estimate of drug-likeness (QED) is 0.639. The molecule has 0 atom stereocenters. The SMILES string of the molecule is CCOC(=O)COc1cc(Nc2nc(C)nc3ccccc23)ccc1OC. The van der Waals surface area contributed by atoms with E-state index >= 15 is 0 Å². The Hall–Kier alpha value is -3.35. The molecule has 0 amide bonds. The summed E-state index contributed by atoms with van der Waals surface area (Å²) in [4.78, 5) is 20.5. The number of benzene rings is 2. The predicted molar refractivity (Wildman–Crippen MR) is 103 cm³/mol. The summed E-state index contributed by atoms with van der Waals surface area (Å²) in [6, 6.07) is 13.1. The zero-order valence-electron chi connectivity index (χ0n) is 15.5. The Morgan fingerprint density at radius 1 is 1.11 bits per heavy atom. The van der Waals surface area contributed by atoms with Crippen molar-refractivity contribution in [3.05, 3.63) is 48.3 Å². The van der Waals surface area contributed by atoms with Crippen molar-refractivity contribution in [2.45, 2.75) is 13.8 Å². The lowest BCUT2D eigenvalue weighted by Gasteiger charge is -2.14. The Kier molecular flexibility index (Phi) is 5.71. The maximum absolute atomic E-state index is 11.6. The van der Waals surface area contributed by atoms with Crippen molar-refractivity contribution in [1.29, 1.82) is 0 Å². The van der Waals surface area contributed by atoms with Gasteiger partial charge in [-0.15, -0.1) is 0 Å². The van der Waals surface area contributed by atoms with Crippen molar-refractivity contribution in [2.24, 2.45) is 0 Å². The monoisotopic (exact) mass is 367 g/mol. The number of anilines is 2. The van der Waals surface area contributed by atoms with Gasteiger partial charge in [0.25, 0.3) is 0 Å². The van der Waals surface area contributed by atoms with Gasteiger partial charge in [-0.2, -0.15) is 0 Å². The number of para-hydroxylation sites is 1. The highest BCUT2D eigenvalue weighted by Crippen LogP contribution is 2.32. The largest absolute Gasteiger partial charge is 0.493 e. The number of ether oxygens (including phenoxy) is 3. The fraction of sp³-hybridized carbons (Fsp3) is 0.250. The zero-order valence-corrected chi connectivity index (χ0v) is 15.5. The molecule has 0 fully saturated rings. The molecule has 0 aliphatic carbocycles. The minimum absolute atomic E-state index is 0.191. The number of methoxy groups -OCH3 is 1. The second kappa shape index (κ2) is 8.35. The molecule has 0 radical (unpaired) electrons. The first-order valence-electron chi connectivity index (χ1n) is 8.57. The van der Waals surface area contributed by atoms with Gasteiger partial charge in [0, 0.05) is 17.1 Å². The molecule has 0 bridgehead atoms. The van der Waals surface area contributed by atoms with Gasteiger partial charge >= 0.3 is 5.97 Å². The van der Waals surface area contributed by atoms with Crippen LogP contribution in [0, 0.1) is 6.92 Å². The Balaban J connectivity index is 1.87. The third-order valence-corrected chi connectivity index (χ3v) is 3.79. The van der Waals surface area contributed by atoms with Gasteiger partial charge in [0.1, 0.15) is 11.6 Å². The average Bonchev–Trinajstić information content (AvgIpc) is 2.66. The summed E-state index contributed by atoms with van der Waals surface area (Å²) in [7, 11) is 1.54. The lowest BCUT2D eigenvalue weighted by molar-refractivity contribution is -0.145. The van der Waals surface area contributed by atoms with Crippen molar-refractivity contribution < 1.29 is 19.0 Å². The number of hydrogen-bond donors (Lipinski definition) is 1. The van der Waals surface area contributed by atoms with Crippen LogP contribution in [0.3, 0.4) is 0 Å². The number of aromatic nitrogens is 2. The van der Waals surface area contributed by atoms with Crippen LogP contribution in [-0.2, 0) is 9.53 Å². The molecule has 3 aromatic rings. The molecule has 0 unspecified atom stereocenters. The van der Waals surface area contributed by atoms with Gasteiger partial charge in [-0.05, 0) is 38.1 Å². The van der Waals surface area contributed by atoms with E-state index in [1.54, 1.807) is 26.2 Å². The van der Waals surface area contributed by atoms with Crippen LogP contribution in [0.15, 0.2) is 42.5 Å². The predicted octanol–water partition coefficient (Wildman–Crippen LogP) is 3.63. The first kappa shape index (κ1) is 18.4. The van der Waals surface area contributed by atoms with Gasteiger partial charge in [-0.3, -0.25) is 0 Å². The molecule has 0 aliphatic rings. The van der Waals surface area contributed by atoms with E-state index in [0.29, 0.717) is 29.7 Å². The summed E-state index contributed by atoms with van der Waals surface area (Å²) in [5, 5.41) is 4.20. The van der Waals surface area contributed by atoms with Crippen LogP contribution in [0.1, 0.15) is 12.7 Å². The molecule has 3 rings (SSSR count). The highest BCUT2D eigenvalue weighted by atomic mass is 16.6. The minimum atomic E-state index is -0.435. The van der Waals surface area contributed by atoms with E-state index in [0.717, 1.165) is 16.6 Å². The molecular weight excluding hydrogens is 346 g/mol. The van der Waals surface area contributed by atoms with Crippen LogP contribution < -0.4 is 14.8 Å². The molecule has 1 aromatic heterocycles. The number of nitrogens with one attached hydrogen (secondary N) is 1. The third-order valence-electron chi connectivity index (χ3n) is 3.79. The molecule has 27 heavy (non-hydrogen) atoms. The maximum Gasteiger partial charge on any atom is 0.344 e. The van der Waals surface area contributed by atoms with Crippen molar-refractivity contribution in [3.63, 3.8) is 0 Å². The summed E-state index contributed by atoms with van der Waals surface area (Å²) in [6.45, 7) is 3.71. The van der Waals surface area contributed by atoms with Gasteiger partial charge in [0.05, 0.1) is 19.2 Å². The van der Waals surface area contributed by atoms with Crippen LogP contribution in [0.25, 0.3) is 10.9 Å². The van der Waals surface area contributed by atoms with E-state index in [-0.39, 0.29) is 6.61 Å². The zero-order chi connectivity index (χ0) is 19.2. The molecule has 140 valence electrons.